The summed E-state index contributed by atoms with van der Waals surface area (Å²) in [7, 11) is 0. The molecule has 0 bridgehead atoms. The summed E-state index contributed by atoms with van der Waals surface area (Å²) in [6.07, 6.45) is 6.51. The number of hydrogen-bond donors (Lipinski definition) is 1. The van der Waals surface area contributed by atoms with Crippen LogP contribution < -0.4 is 0 Å². The van der Waals surface area contributed by atoms with Crippen molar-refractivity contribution in [3.8, 4) is 5.75 Å². The Morgan fingerprint density at radius 3 is 2.41 bits per heavy atom. The summed E-state index contributed by atoms with van der Waals surface area (Å²) in [6, 6.07) is 10.6. The third kappa shape index (κ3) is 3.24. The molecule has 0 aliphatic carbocycles. The summed E-state index contributed by atoms with van der Waals surface area (Å²) in [6.45, 7) is 0. The zero-order chi connectivity index (χ0) is 11.9. The molecule has 17 heavy (non-hydrogen) atoms. The van der Waals surface area contributed by atoms with Crippen LogP contribution in [0.2, 0.25) is 0 Å². The van der Waals surface area contributed by atoms with Crippen LogP contribution in [0.25, 0.3) is 0 Å². The number of phenols is 1. The molecule has 2 aromatic rings. The van der Waals surface area contributed by atoms with Gasteiger partial charge < -0.3 is 5.11 Å². The van der Waals surface area contributed by atoms with Crippen molar-refractivity contribution in [2.45, 2.75) is 0 Å². The highest BCUT2D eigenvalue weighted by molar-refractivity contribution is 5.84. The summed E-state index contributed by atoms with van der Waals surface area (Å²) < 4.78 is 0. The second-order valence-corrected chi connectivity index (χ2v) is 3.33. The molecule has 84 valence electrons. The van der Waals surface area contributed by atoms with Gasteiger partial charge in [-0.25, -0.2) is 0 Å². The van der Waals surface area contributed by atoms with Crippen molar-refractivity contribution >= 4 is 12.4 Å². The van der Waals surface area contributed by atoms with Crippen molar-refractivity contribution in [1.29, 1.82) is 0 Å². The van der Waals surface area contributed by atoms with E-state index in [0.29, 0.717) is 5.56 Å². The second-order valence-electron chi connectivity index (χ2n) is 3.33. The maximum Gasteiger partial charge on any atom is 0.124 e. The van der Waals surface area contributed by atoms with Gasteiger partial charge in [-0.05, 0) is 29.8 Å². The number of hydrogen-bond acceptors (Lipinski definition) is 4. The molecule has 0 saturated carbocycles. The van der Waals surface area contributed by atoms with E-state index in [2.05, 4.69) is 15.2 Å². The smallest absolute Gasteiger partial charge is 0.124 e. The molecular weight excluding hydrogens is 214 g/mol. The minimum atomic E-state index is 0.190. The molecule has 0 amide bonds. The van der Waals surface area contributed by atoms with Crippen molar-refractivity contribution in [2.75, 3.05) is 0 Å². The molecule has 1 heterocycles. The van der Waals surface area contributed by atoms with Crippen LogP contribution >= 0.6 is 0 Å². The molecule has 0 fully saturated rings. The van der Waals surface area contributed by atoms with E-state index >= 15 is 0 Å². The number of nitrogens with zero attached hydrogens (tertiary/aromatic N) is 3. The normalized spacial score (nSPS) is 11.3. The van der Waals surface area contributed by atoms with E-state index in [0.717, 1.165) is 5.56 Å². The predicted molar refractivity (Wildman–Crippen MR) is 67.5 cm³/mol. The fourth-order valence-corrected chi connectivity index (χ4v) is 1.24. The summed E-state index contributed by atoms with van der Waals surface area (Å²) in [5, 5.41) is 17.2. The Balaban J connectivity index is 2.04. The largest absolute Gasteiger partial charge is 0.507 e. The van der Waals surface area contributed by atoms with Crippen molar-refractivity contribution in [3.05, 3.63) is 59.9 Å². The molecule has 0 atom stereocenters. The lowest BCUT2D eigenvalue weighted by atomic mass is 10.2. The van der Waals surface area contributed by atoms with E-state index in [1.54, 1.807) is 36.8 Å². The fraction of sp³-hybridized carbons (Fsp3) is 0. The number of para-hydroxylation sites is 1. The van der Waals surface area contributed by atoms with Gasteiger partial charge in [0, 0.05) is 18.0 Å². The topological polar surface area (TPSA) is 57.8 Å². The molecule has 1 aromatic heterocycles. The van der Waals surface area contributed by atoms with Crippen LogP contribution in [0.3, 0.4) is 0 Å². The second kappa shape index (κ2) is 5.55. The lowest BCUT2D eigenvalue weighted by Crippen LogP contribution is -1.82. The van der Waals surface area contributed by atoms with Crippen LogP contribution in [0.4, 0.5) is 0 Å². The van der Waals surface area contributed by atoms with Gasteiger partial charge in [0.2, 0.25) is 0 Å². The van der Waals surface area contributed by atoms with Gasteiger partial charge in [0.05, 0.1) is 12.4 Å². The summed E-state index contributed by atoms with van der Waals surface area (Å²) in [5.41, 5.74) is 1.56. The van der Waals surface area contributed by atoms with Gasteiger partial charge in [-0.1, -0.05) is 12.1 Å². The molecule has 0 unspecified atom stereocenters. The Labute approximate surface area is 99.0 Å². The molecule has 4 nitrogen and oxygen atoms in total. The first-order valence-corrected chi connectivity index (χ1v) is 5.11. The molecule has 0 radical (unpaired) electrons. The predicted octanol–water partition coefficient (Wildman–Crippen LogP) is 2.24. The molecule has 0 aliphatic heterocycles. The SMILES string of the molecule is Oc1ccccc1/C=N/N=C/c1ccncc1. The van der Waals surface area contributed by atoms with E-state index in [1.807, 2.05) is 18.2 Å². The van der Waals surface area contributed by atoms with Crippen LogP contribution in [0, 0.1) is 0 Å². The van der Waals surface area contributed by atoms with Gasteiger partial charge >= 0.3 is 0 Å². The van der Waals surface area contributed by atoms with E-state index in [4.69, 9.17) is 0 Å². The Kier molecular flexibility index (Phi) is 3.60. The van der Waals surface area contributed by atoms with E-state index in [9.17, 15) is 5.11 Å². The summed E-state index contributed by atoms with van der Waals surface area (Å²) in [5.74, 6) is 0.190. The molecule has 0 saturated heterocycles. The van der Waals surface area contributed by atoms with Crippen LogP contribution in [0.5, 0.6) is 5.75 Å². The zero-order valence-electron chi connectivity index (χ0n) is 9.06. The quantitative estimate of drug-likeness (QED) is 0.643. The lowest BCUT2D eigenvalue weighted by molar-refractivity contribution is 0.474. The van der Waals surface area contributed by atoms with Gasteiger partial charge in [-0.15, -0.1) is 0 Å². The highest BCUT2D eigenvalue weighted by Crippen LogP contribution is 2.12. The van der Waals surface area contributed by atoms with Crippen LogP contribution in [0.15, 0.2) is 59.0 Å². The molecular formula is C13H11N3O. The number of benzene rings is 1. The van der Waals surface area contributed by atoms with Crippen molar-refractivity contribution in [3.63, 3.8) is 0 Å². The number of rotatable bonds is 3. The summed E-state index contributed by atoms with van der Waals surface area (Å²) >= 11 is 0. The van der Waals surface area contributed by atoms with Crippen molar-refractivity contribution in [2.24, 2.45) is 10.2 Å². The monoisotopic (exact) mass is 225 g/mol. The van der Waals surface area contributed by atoms with Gasteiger partial charge in [-0.3, -0.25) is 4.98 Å². The molecule has 1 aromatic carbocycles. The lowest BCUT2D eigenvalue weighted by Gasteiger charge is -1.94. The number of aromatic nitrogens is 1. The van der Waals surface area contributed by atoms with Crippen molar-refractivity contribution < 1.29 is 5.11 Å². The molecule has 2 rings (SSSR count). The Morgan fingerprint density at radius 1 is 0.941 bits per heavy atom. The fourth-order valence-electron chi connectivity index (χ4n) is 1.24. The Morgan fingerprint density at radius 2 is 1.65 bits per heavy atom. The molecule has 0 aliphatic rings. The van der Waals surface area contributed by atoms with Crippen LogP contribution in [-0.4, -0.2) is 22.5 Å². The van der Waals surface area contributed by atoms with Crippen molar-refractivity contribution in [1.82, 2.24) is 4.98 Å². The maximum absolute atomic E-state index is 9.48. The van der Waals surface area contributed by atoms with Crippen LogP contribution in [-0.2, 0) is 0 Å². The third-order valence-corrected chi connectivity index (χ3v) is 2.11. The van der Waals surface area contributed by atoms with Crippen LogP contribution in [0.1, 0.15) is 11.1 Å². The molecule has 0 spiro atoms. The third-order valence-electron chi connectivity index (χ3n) is 2.11. The average molecular weight is 225 g/mol. The maximum atomic E-state index is 9.48. The Bertz CT molecular complexity index is 535. The first-order chi connectivity index (χ1) is 8.36. The van der Waals surface area contributed by atoms with Gasteiger partial charge in [0.1, 0.15) is 5.75 Å². The first kappa shape index (κ1) is 11.0. The van der Waals surface area contributed by atoms with Gasteiger partial charge in [0.25, 0.3) is 0 Å². The van der Waals surface area contributed by atoms with E-state index in [-0.39, 0.29) is 5.75 Å². The molecule has 4 heteroatoms. The zero-order valence-corrected chi connectivity index (χ0v) is 9.06. The minimum Gasteiger partial charge on any atom is -0.507 e. The average Bonchev–Trinajstić information content (AvgIpc) is 2.38. The van der Waals surface area contributed by atoms with E-state index < -0.39 is 0 Å². The highest BCUT2D eigenvalue weighted by atomic mass is 16.3. The van der Waals surface area contributed by atoms with E-state index in [1.165, 1.54) is 6.21 Å². The van der Waals surface area contributed by atoms with Gasteiger partial charge in [-0.2, -0.15) is 10.2 Å². The Hall–Kier alpha value is -2.49. The summed E-state index contributed by atoms with van der Waals surface area (Å²) in [4.78, 5) is 3.90. The standard InChI is InChI=1S/C13H11N3O/c17-13-4-2-1-3-12(13)10-16-15-9-11-5-7-14-8-6-11/h1-10,17H/b15-9+,16-10+. The number of aromatic hydroxyl groups is 1. The van der Waals surface area contributed by atoms with Gasteiger partial charge in [0.15, 0.2) is 0 Å². The minimum absolute atomic E-state index is 0.190. The number of pyridine rings is 1. The highest BCUT2D eigenvalue weighted by Gasteiger charge is 1.93. The first-order valence-electron chi connectivity index (χ1n) is 5.11. The molecule has 1 N–H and O–H groups in total. The number of phenolic OH excluding ortho intramolecular Hbond substituents is 1.